The van der Waals surface area contributed by atoms with Crippen LogP contribution < -0.4 is 11.1 Å². The predicted molar refractivity (Wildman–Crippen MR) is 79.0 cm³/mol. The van der Waals surface area contributed by atoms with Crippen LogP contribution in [-0.4, -0.2) is 11.9 Å². The standard InChI is InChI=1S/C16H23FN2O/c1-9-5-4-6-14(11(9)3)19-16(20)13-8-12(18)7-10(2)15(13)17/h7-9,11,14H,4-6,18H2,1-3H3,(H,19,20). The highest BCUT2D eigenvalue weighted by molar-refractivity contribution is 5.95. The third kappa shape index (κ3) is 2.94. The molecule has 0 saturated heterocycles. The number of nitrogens with two attached hydrogens (primary N) is 1. The molecular weight excluding hydrogens is 255 g/mol. The number of rotatable bonds is 2. The van der Waals surface area contributed by atoms with E-state index in [0.29, 0.717) is 23.1 Å². The Morgan fingerprint density at radius 3 is 2.75 bits per heavy atom. The quantitative estimate of drug-likeness (QED) is 0.816. The summed E-state index contributed by atoms with van der Waals surface area (Å²) in [7, 11) is 0. The van der Waals surface area contributed by atoms with Crippen LogP contribution in [0.15, 0.2) is 12.1 Å². The number of amides is 1. The van der Waals surface area contributed by atoms with Gasteiger partial charge in [0.25, 0.3) is 5.91 Å². The van der Waals surface area contributed by atoms with E-state index in [4.69, 9.17) is 5.73 Å². The molecule has 0 radical (unpaired) electrons. The molecule has 0 aliphatic heterocycles. The third-order valence-electron chi connectivity index (χ3n) is 4.54. The lowest BCUT2D eigenvalue weighted by molar-refractivity contribution is 0.0887. The molecule has 1 aliphatic carbocycles. The minimum atomic E-state index is -0.479. The van der Waals surface area contributed by atoms with Crippen molar-refractivity contribution in [3.8, 4) is 0 Å². The number of nitrogen functional groups attached to an aromatic ring is 1. The van der Waals surface area contributed by atoms with Crippen LogP contribution in [0.3, 0.4) is 0 Å². The molecule has 3 unspecified atom stereocenters. The number of hydrogen-bond acceptors (Lipinski definition) is 2. The first-order chi connectivity index (χ1) is 9.40. The number of aryl methyl sites for hydroxylation is 1. The van der Waals surface area contributed by atoms with Crippen molar-refractivity contribution in [1.82, 2.24) is 5.32 Å². The molecule has 1 aliphatic rings. The molecule has 1 amide bonds. The maximum Gasteiger partial charge on any atom is 0.254 e. The first-order valence-electron chi connectivity index (χ1n) is 7.26. The van der Waals surface area contributed by atoms with Gasteiger partial charge in [-0.05, 0) is 42.9 Å². The molecule has 110 valence electrons. The van der Waals surface area contributed by atoms with Gasteiger partial charge in [-0.3, -0.25) is 4.79 Å². The van der Waals surface area contributed by atoms with Crippen molar-refractivity contribution in [1.29, 1.82) is 0 Å². The summed E-state index contributed by atoms with van der Waals surface area (Å²) in [5.41, 5.74) is 6.57. The van der Waals surface area contributed by atoms with Gasteiger partial charge in [-0.2, -0.15) is 0 Å². The summed E-state index contributed by atoms with van der Waals surface area (Å²) in [6.07, 6.45) is 3.26. The summed E-state index contributed by atoms with van der Waals surface area (Å²) in [5.74, 6) is 0.163. The minimum absolute atomic E-state index is 0.0490. The van der Waals surface area contributed by atoms with E-state index in [1.807, 2.05) is 0 Å². The number of benzene rings is 1. The molecule has 3 nitrogen and oxygen atoms in total. The van der Waals surface area contributed by atoms with Crippen molar-refractivity contribution in [3.05, 3.63) is 29.1 Å². The van der Waals surface area contributed by atoms with Gasteiger partial charge in [0.2, 0.25) is 0 Å². The molecule has 0 spiro atoms. The number of halogens is 1. The molecular formula is C16H23FN2O. The normalized spacial score (nSPS) is 26.3. The topological polar surface area (TPSA) is 55.1 Å². The zero-order chi connectivity index (χ0) is 14.9. The fourth-order valence-corrected chi connectivity index (χ4v) is 2.99. The van der Waals surface area contributed by atoms with Crippen LogP contribution in [0.4, 0.5) is 10.1 Å². The van der Waals surface area contributed by atoms with Gasteiger partial charge in [-0.25, -0.2) is 4.39 Å². The highest BCUT2D eigenvalue weighted by Crippen LogP contribution is 2.30. The van der Waals surface area contributed by atoms with Crippen molar-refractivity contribution in [3.63, 3.8) is 0 Å². The second-order valence-corrected chi connectivity index (χ2v) is 6.05. The van der Waals surface area contributed by atoms with Gasteiger partial charge < -0.3 is 11.1 Å². The van der Waals surface area contributed by atoms with E-state index in [2.05, 4.69) is 19.2 Å². The van der Waals surface area contributed by atoms with Crippen LogP contribution in [0, 0.1) is 24.6 Å². The highest BCUT2D eigenvalue weighted by Gasteiger charge is 2.29. The van der Waals surface area contributed by atoms with E-state index in [9.17, 15) is 9.18 Å². The van der Waals surface area contributed by atoms with Gasteiger partial charge >= 0.3 is 0 Å². The Hall–Kier alpha value is -1.58. The van der Waals surface area contributed by atoms with E-state index in [-0.39, 0.29) is 17.5 Å². The van der Waals surface area contributed by atoms with Crippen LogP contribution in [0.2, 0.25) is 0 Å². The molecule has 20 heavy (non-hydrogen) atoms. The van der Waals surface area contributed by atoms with Crippen molar-refractivity contribution >= 4 is 11.6 Å². The molecule has 1 aromatic carbocycles. The van der Waals surface area contributed by atoms with E-state index < -0.39 is 5.82 Å². The Bertz CT molecular complexity index is 515. The molecule has 1 aromatic rings. The fraction of sp³-hybridized carbons (Fsp3) is 0.562. The number of carbonyl (C=O) groups excluding carboxylic acids is 1. The Kier molecular flexibility index (Phi) is 4.31. The van der Waals surface area contributed by atoms with E-state index in [1.165, 1.54) is 18.6 Å². The molecule has 0 aromatic heterocycles. The summed E-state index contributed by atoms with van der Waals surface area (Å²) < 4.78 is 14.0. The lowest BCUT2D eigenvalue weighted by atomic mass is 9.78. The van der Waals surface area contributed by atoms with Crippen molar-refractivity contribution < 1.29 is 9.18 Å². The molecule has 0 heterocycles. The molecule has 1 saturated carbocycles. The Morgan fingerprint density at radius 2 is 2.05 bits per heavy atom. The highest BCUT2D eigenvalue weighted by atomic mass is 19.1. The van der Waals surface area contributed by atoms with E-state index in [1.54, 1.807) is 6.92 Å². The zero-order valence-corrected chi connectivity index (χ0v) is 12.4. The van der Waals surface area contributed by atoms with Gasteiger partial charge in [0.05, 0.1) is 5.56 Å². The first kappa shape index (κ1) is 14.8. The molecule has 3 atom stereocenters. The smallest absolute Gasteiger partial charge is 0.254 e. The average molecular weight is 278 g/mol. The van der Waals surface area contributed by atoms with E-state index >= 15 is 0 Å². The Balaban J connectivity index is 2.16. The summed E-state index contributed by atoms with van der Waals surface area (Å²) in [6.45, 7) is 5.97. The molecule has 2 rings (SSSR count). The van der Waals surface area contributed by atoms with Crippen LogP contribution >= 0.6 is 0 Å². The molecule has 4 heteroatoms. The van der Waals surface area contributed by atoms with E-state index in [0.717, 1.165) is 12.8 Å². The molecule has 3 N–H and O–H groups in total. The van der Waals surface area contributed by atoms with Crippen LogP contribution in [0.5, 0.6) is 0 Å². The Labute approximate surface area is 119 Å². The fourth-order valence-electron chi connectivity index (χ4n) is 2.99. The summed E-state index contributed by atoms with van der Waals surface area (Å²) in [6, 6.07) is 3.07. The molecule has 0 bridgehead atoms. The van der Waals surface area contributed by atoms with Gasteiger partial charge in [0.1, 0.15) is 5.82 Å². The lowest BCUT2D eigenvalue weighted by Crippen LogP contribution is -2.44. The monoisotopic (exact) mass is 278 g/mol. The van der Waals surface area contributed by atoms with Crippen LogP contribution in [-0.2, 0) is 0 Å². The SMILES string of the molecule is Cc1cc(N)cc(C(=O)NC2CCCC(C)C2C)c1F. The largest absolute Gasteiger partial charge is 0.399 e. The van der Waals surface area contributed by atoms with Gasteiger partial charge in [0, 0.05) is 11.7 Å². The van der Waals surface area contributed by atoms with Gasteiger partial charge in [-0.15, -0.1) is 0 Å². The average Bonchev–Trinajstić information content (AvgIpc) is 2.39. The van der Waals surface area contributed by atoms with Crippen molar-refractivity contribution in [2.24, 2.45) is 11.8 Å². The molecule has 1 fully saturated rings. The Morgan fingerprint density at radius 1 is 1.35 bits per heavy atom. The summed E-state index contributed by atoms with van der Waals surface area (Å²) in [4.78, 5) is 12.3. The summed E-state index contributed by atoms with van der Waals surface area (Å²) in [5, 5.41) is 2.98. The lowest BCUT2D eigenvalue weighted by Gasteiger charge is -2.34. The zero-order valence-electron chi connectivity index (χ0n) is 12.4. The number of carbonyl (C=O) groups is 1. The third-order valence-corrected chi connectivity index (χ3v) is 4.54. The predicted octanol–water partition coefficient (Wildman–Crippen LogP) is 3.27. The maximum absolute atomic E-state index is 14.0. The summed E-state index contributed by atoms with van der Waals surface area (Å²) >= 11 is 0. The van der Waals surface area contributed by atoms with Gasteiger partial charge in [-0.1, -0.05) is 26.7 Å². The van der Waals surface area contributed by atoms with Gasteiger partial charge in [0.15, 0.2) is 0 Å². The maximum atomic E-state index is 14.0. The second kappa shape index (κ2) is 5.81. The first-order valence-corrected chi connectivity index (χ1v) is 7.26. The van der Waals surface area contributed by atoms with Crippen LogP contribution in [0.25, 0.3) is 0 Å². The number of hydrogen-bond donors (Lipinski definition) is 2. The van der Waals surface area contributed by atoms with Crippen molar-refractivity contribution in [2.45, 2.75) is 46.1 Å². The van der Waals surface area contributed by atoms with Crippen LogP contribution in [0.1, 0.15) is 49.0 Å². The second-order valence-electron chi connectivity index (χ2n) is 6.05. The minimum Gasteiger partial charge on any atom is -0.399 e. The number of anilines is 1. The number of nitrogens with one attached hydrogen (secondary N) is 1. The van der Waals surface area contributed by atoms with Crippen molar-refractivity contribution in [2.75, 3.05) is 5.73 Å².